The van der Waals surface area contributed by atoms with Crippen LogP contribution in [0.1, 0.15) is 11.3 Å². The van der Waals surface area contributed by atoms with Crippen molar-refractivity contribution in [2.24, 2.45) is 0 Å². The fourth-order valence-corrected chi connectivity index (χ4v) is 1.39. The lowest BCUT2D eigenvalue weighted by molar-refractivity contribution is 0.949. The first kappa shape index (κ1) is 9.65. The molecule has 0 spiro atoms. The highest BCUT2D eigenvalue weighted by molar-refractivity contribution is 5.62. The van der Waals surface area contributed by atoms with Gasteiger partial charge in [-0.05, 0) is 43.2 Å². The molecule has 1 aromatic carbocycles. The molecule has 0 saturated carbocycles. The number of aryl methyl sites for hydroxylation is 2. The van der Waals surface area contributed by atoms with Crippen LogP contribution in [0.3, 0.4) is 0 Å². The number of nitrogens with zero attached hydrogens (tertiary/aromatic N) is 1. The second kappa shape index (κ2) is 3.69. The van der Waals surface area contributed by atoms with Gasteiger partial charge in [-0.15, -0.1) is 0 Å². The van der Waals surface area contributed by atoms with Crippen LogP contribution in [0.15, 0.2) is 29.1 Å². The summed E-state index contributed by atoms with van der Waals surface area (Å²) in [4.78, 5) is 11.5. The van der Waals surface area contributed by atoms with Crippen molar-refractivity contribution in [2.75, 3.05) is 0 Å². The molecule has 0 atom stereocenters. The fourth-order valence-electron chi connectivity index (χ4n) is 1.39. The summed E-state index contributed by atoms with van der Waals surface area (Å²) in [5.41, 5.74) is 3.19. The van der Waals surface area contributed by atoms with E-state index in [2.05, 4.69) is 16.3 Å². The number of aromatic nitrogens is 2. The average molecular weight is 199 g/mol. The number of hydrogen-bond acceptors (Lipinski definition) is 2. The Morgan fingerprint density at radius 2 is 2.13 bits per heavy atom. The molecule has 3 heteroatoms. The Labute approximate surface area is 87.8 Å². The van der Waals surface area contributed by atoms with E-state index in [1.54, 1.807) is 6.07 Å². The molecule has 1 heterocycles. The molecule has 0 aliphatic rings. The molecule has 15 heavy (non-hydrogen) atoms. The molecule has 0 bridgehead atoms. The van der Waals surface area contributed by atoms with E-state index in [9.17, 15) is 4.79 Å². The summed E-state index contributed by atoms with van der Waals surface area (Å²) >= 11 is 0. The lowest BCUT2D eigenvalue weighted by atomic mass is 10.1. The van der Waals surface area contributed by atoms with Gasteiger partial charge in [-0.2, -0.15) is 5.10 Å². The summed E-state index contributed by atoms with van der Waals surface area (Å²) in [5.74, 6) is 0. The van der Waals surface area contributed by atoms with Gasteiger partial charge in [0, 0.05) is 0 Å². The first-order valence-corrected chi connectivity index (χ1v) is 4.72. The first-order valence-electron chi connectivity index (χ1n) is 4.72. The maximum absolute atomic E-state index is 11.5. The fraction of sp³-hybridized carbons (Fsp3) is 0.167. The Hall–Kier alpha value is -1.90. The van der Waals surface area contributed by atoms with Crippen LogP contribution in [0.4, 0.5) is 0 Å². The summed E-state index contributed by atoms with van der Waals surface area (Å²) < 4.78 is 0. The number of rotatable bonds is 1. The van der Waals surface area contributed by atoms with E-state index in [4.69, 9.17) is 0 Å². The first-order chi connectivity index (χ1) is 7.16. The maximum atomic E-state index is 11.5. The normalized spacial score (nSPS) is 10.3. The van der Waals surface area contributed by atoms with Crippen LogP contribution < -0.4 is 5.56 Å². The maximum Gasteiger partial charge on any atom is 0.272 e. The van der Waals surface area contributed by atoms with Gasteiger partial charge in [0.25, 0.3) is 5.56 Å². The molecule has 2 rings (SSSR count). The lowest BCUT2D eigenvalue weighted by Gasteiger charge is -2.01. The van der Waals surface area contributed by atoms with Gasteiger partial charge >= 0.3 is 0 Å². The van der Waals surface area contributed by atoms with Gasteiger partial charge in [0.1, 0.15) is 0 Å². The predicted molar refractivity (Wildman–Crippen MR) is 58.6 cm³/mol. The number of benzene rings is 1. The molecular formula is C12H11N2O. The molecular weight excluding hydrogens is 188 g/mol. The van der Waals surface area contributed by atoms with Gasteiger partial charge in [0.05, 0.1) is 11.3 Å². The van der Waals surface area contributed by atoms with Gasteiger partial charge in [0.2, 0.25) is 0 Å². The lowest BCUT2D eigenvalue weighted by Crippen LogP contribution is -2.11. The highest BCUT2D eigenvalue weighted by Crippen LogP contribution is 2.15. The van der Waals surface area contributed by atoms with E-state index in [1.165, 1.54) is 0 Å². The second-order valence-electron chi connectivity index (χ2n) is 3.51. The molecule has 0 fully saturated rings. The zero-order chi connectivity index (χ0) is 10.8. The van der Waals surface area contributed by atoms with Crippen molar-refractivity contribution in [3.8, 4) is 11.1 Å². The molecule has 0 aliphatic heterocycles. The number of hydrogen-bond donors (Lipinski definition) is 1. The van der Waals surface area contributed by atoms with E-state index < -0.39 is 0 Å². The van der Waals surface area contributed by atoms with Crippen molar-refractivity contribution >= 4 is 0 Å². The Morgan fingerprint density at radius 3 is 2.80 bits per heavy atom. The number of nitrogens with one attached hydrogen (secondary N) is 1. The molecule has 0 amide bonds. The van der Waals surface area contributed by atoms with Crippen LogP contribution in [0.25, 0.3) is 11.1 Å². The summed E-state index contributed by atoms with van der Waals surface area (Å²) in [6, 6.07) is 10.5. The van der Waals surface area contributed by atoms with Crippen molar-refractivity contribution in [3.05, 3.63) is 51.9 Å². The van der Waals surface area contributed by atoms with Gasteiger partial charge in [-0.25, -0.2) is 5.10 Å². The number of aromatic amines is 1. The van der Waals surface area contributed by atoms with Crippen molar-refractivity contribution < 1.29 is 0 Å². The smallest absolute Gasteiger partial charge is 0.267 e. The summed E-state index contributed by atoms with van der Waals surface area (Å²) in [6.45, 7) is 3.81. The predicted octanol–water partition coefficient (Wildman–Crippen LogP) is 1.85. The van der Waals surface area contributed by atoms with Crippen molar-refractivity contribution in [3.63, 3.8) is 0 Å². The third kappa shape index (κ3) is 1.96. The van der Waals surface area contributed by atoms with E-state index in [-0.39, 0.29) is 5.56 Å². The van der Waals surface area contributed by atoms with Gasteiger partial charge in [-0.3, -0.25) is 4.79 Å². The molecule has 2 aromatic rings. The van der Waals surface area contributed by atoms with E-state index in [0.29, 0.717) is 5.56 Å². The van der Waals surface area contributed by atoms with Crippen LogP contribution in [0.2, 0.25) is 0 Å². The van der Waals surface area contributed by atoms with Crippen LogP contribution >= 0.6 is 0 Å². The number of H-pyrrole nitrogens is 1. The van der Waals surface area contributed by atoms with E-state index in [0.717, 1.165) is 16.8 Å². The summed E-state index contributed by atoms with van der Waals surface area (Å²) in [5, 5.41) is 6.30. The Balaban J connectivity index is 2.58. The zero-order valence-corrected chi connectivity index (χ0v) is 8.66. The van der Waals surface area contributed by atoms with Crippen molar-refractivity contribution in [2.45, 2.75) is 13.8 Å². The van der Waals surface area contributed by atoms with Crippen LogP contribution in [0, 0.1) is 19.9 Å². The quantitative estimate of drug-likeness (QED) is 0.761. The zero-order valence-electron chi connectivity index (χ0n) is 8.66. The average Bonchev–Trinajstić information content (AvgIpc) is 2.23. The van der Waals surface area contributed by atoms with E-state index >= 15 is 0 Å². The monoisotopic (exact) mass is 199 g/mol. The molecule has 75 valence electrons. The van der Waals surface area contributed by atoms with Crippen LogP contribution in [-0.4, -0.2) is 10.2 Å². The standard InChI is InChI=1S/C12H11N2O/c1-8-3-5-10(6-4-8)11-7-9(2)13-14-12(11)15/h3,5-7H,1-2H3,(H,14,15). The van der Waals surface area contributed by atoms with Crippen LogP contribution in [0.5, 0.6) is 0 Å². The molecule has 1 N–H and O–H groups in total. The summed E-state index contributed by atoms with van der Waals surface area (Å²) in [6.07, 6.45) is 0. The Kier molecular flexibility index (Phi) is 2.37. The molecule has 0 unspecified atom stereocenters. The summed E-state index contributed by atoms with van der Waals surface area (Å²) in [7, 11) is 0. The van der Waals surface area contributed by atoms with Crippen molar-refractivity contribution in [1.82, 2.24) is 10.2 Å². The van der Waals surface area contributed by atoms with Crippen molar-refractivity contribution in [1.29, 1.82) is 0 Å². The molecule has 0 aliphatic carbocycles. The largest absolute Gasteiger partial charge is 0.272 e. The van der Waals surface area contributed by atoms with E-state index in [1.807, 2.05) is 32.0 Å². The highest BCUT2D eigenvalue weighted by Gasteiger charge is 2.03. The van der Waals surface area contributed by atoms with Crippen LogP contribution in [-0.2, 0) is 0 Å². The van der Waals surface area contributed by atoms with Gasteiger partial charge < -0.3 is 0 Å². The highest BCUT2D eigenvalue weighted by atomic mass is 16.1. The minimum Gasteiger partial charge on any atom is -0.267 e. The SMILES string of the molecule is Cc1[c]cc(-c2cc(C)n[nH]c2=O)cc1. The van der Waals surface area contributed by atoms with Gasteiger partial charge in [0.15, 0.2) is 0 Å². The minimum atomic E-state index is -0.169. The molecule has 0 saturated heterocycles. The third-order valence-electron chi connectivity index (χ3n) is 2.21. The minimum absolute atomic E-state index is 0.169. The van der Waals surface area contributed by atoms with Gasteiger partial charge in [-0.1, -0.05) is 12.1 Å². The molecule has 3 nitrogen and oxygen atoms in total. The Morgan fingerprint density at radius 1 is 1.33 bits per heavy atom. The Bertz CT molecular complexity index is 526. The molecule has 1 aromatic heterocycles. The molecule has 1 radical (unpaired) electrons. The third-order valence-corrected chi connectivity index (χ3v) is 2.21. The topological polar surface area (TPSA) is 45.8 Å². The second-order valence-corrected chi connectivity index (χ2v) is 3.51.